The van der Waals surface area contributed by atoms with Crippen LogP contribution in [-0.2, 0) is 0 Å². The summed E-state index contributed by atoms with van der Waals surface area (Å²) in [5.41, 5.74) is 7.59. The molecule has 3 aromatic rings. The molecule has 0 amide bonds. The maximum Gasteiger partial charge on any atom is 0.159 e. The number of hydrogen-bond acceptors (Lipinski definition) is 7. The van der Waals surface area contributed by atoms with Crippen LogP contribution < -0.4 is 16.4 Å². The highest BCUT2D eigenvalue weighted by atomic mass is 35.5. The average Bonchev–Trinajstić information content (AvgIpc) is 2.55. The summed E-state index contributed by atoms with van der Waals surface area (Å²) < 4.78 is 0. The van der Waals surface area contributed by atoms with Gasteiger partial charge in [0.25, 0.3) is 0 Å². The molecule has 23 heavy (non-hydrogen) atoms. The number of nitrogens with one attached hydrogen (secondary N) is 2. The molecule has 0 atom stereocenters. The number of nitrogens with two attached hydrogens (primary N) is 1. The molecule has 7 nitrogen and oxygen atoms in total. The highest BCUT2D eigenvalue weighted by Crippen LogP contribution is 2.31. The van der Waals surface area contributed by atoms with E-state index in [0.717, 1.165) is 0 Å². The van der Waals surface area contributed by atoms with E-state index in [4.69, 9.17) is 28.9 Å². The summed E-state index contributed by atoms with van der Waals surface area (Å²) >= 11 is 12.0. The van der Waals surface area contributed by atoms with E-state index in [2.05, 4.69) is 30.6 Å². The van der Waals surface area contributed by atoms with Crippen LogP contribution >= 0.6 is 23.2 Å². The minimum absolute atomic E-state index is 0.312. The van der Waals surface area contributed by atoms with Crippen molar-refractivity contribution in [2.75, 3.05) is 16.4 Å². The smallest absolute Gasteiger partial charge is 0.159 e. The molecule has 0 aliphatic heterocycles. The van der Waals surface area contributed by atoms with Crippen LogP contribution in [-0.4, -0.2) is 19.9 Å². The normalized spacial score (nSPS) is 10.3. The van der Waals surface area contributed by atoms with Crippen LogP contribution in [0.15, 0.2) is 43.0 Å². The highest BCUT2D eigenvalue weighted by molar-refractivity contribution is 6.32. The van der Waals surface area contributed by atoms with Crippen LogP contribution in [0.1, 0.15) is 0 Å². The second-order valence-electron chi connectivity index (χ2n) is 4.42. The topological polar surface area (TPSA) is 102 Å². The molecular formula is C14H11Cl2N7. The van der Waals surface area contributed by atoms with Crippen molar-refractivity contribution in [1.29, 1.82) is 0 Å². The van der Waals surface area contributed by atoms with Gasteiger partial charge in [-0.1, -0.05) is 23.2 Å². The third-order valence-electron chi connectivity index (χ3n) is 2.91. The van der Waals surface area contributed by atoms with Crippen molar-refractivity contribution in [1.82, 2.24) is 19.9 Å². The predicted octanol–water partition coefficient (Wildman–Crippen LogP) is 3.64. The fourth-order valence-electron chi connectivity index (χ4n) is 1.81. The molecule has 9 heteroatoms. The zero-order valence-electron chi connectivity index (χ0n) is 11.7. The van der Waals surface area contributed by atoms with E-state index in [1.807, 2.05) is 0 Å². The Hall–Kier alpha value is -2.64. The molecule has 0 aromatic carbocycles. The van der Waals surface area contributed by atoms with E-state index >= 15 is 0 Å². The molecule has 0 saturated carbocycles. The Morgan fingerprint density at radius 3 is 1.70 bits per heavy atom. The zero-order valence-corrected chi connectivity index (χ0v) is 13.2. The molecule has 4 N–H and O–H groups in total. The van der Waals surface area contributed by atoms with Crippen LogP contribution in [0.5, 0.6) is 0 Å². The van der Waals surface area contributed by atoms with Crippen molar-refractivity contribution in [3.63, 3.8) is 0 Å². The van der Waals surface area contributed by atoms with E-state index < -0.39 is 0 Å². The maximum absolute atomic E-state index is 6.10. The van der Waals surface area contributed by atoms with E-state index in [9.17, 15) is 0 Å². The average molecular weight is 348 g/mol. The second-order valence-corrected chi connectivity index (χ2v) is 5.13. The van der Waals surface area contributed by atoms with Gasteiger partial charge in [0.05, 0.1) is 11.4 Å². The Balaban J connectivity index is 1.90. The van der Waals surface area contributed by atoms with Gasteiger partial charge < -0.3 is 16.4 Å². The summed E-state index contributed by atoms with van der Waals surface area (Å²) in [5, 5.41) is 6.67. The summed E-state index contributed by atoms with van der Waals surface area (Å²) in [6.07, 6.45) is 4.55. The van der Waals surface area contributed by atoms with Gasteiger partial charge >= 0.3 is 0 Å². The first-order valence-corrected chi connectivity index (χ1v) is 7.26. The van der Waals surface area contributed by atoms with Gasteiger partial charge in [-0.2, -0.15) is 0 Å². The number of pyridine rings is 2. The Labute approximate surface area is 141 Å². The van der Waals surface area contributed by atoms with Crippen LogP contribution in [0.3, 0.4) is 0 Å². The molecule has 0 saturated heterocycles. The summed E-state index contributed by atoms with van der Waals surface area (Å²) in [6.45, 7) is 0. The summed E-state index contributed by atoms with van der Waals surface area (Å²) in [7, 11) is 0. The Morgan fingerprint density at radius 2 is 1.26 bits per heavy atom. The Bertz CT molecular complexity index is 775. The number of anilines is 5. The summed E-state index contributed by atoms with van der Waals surface area (Å²) in [5.74, 6) is 0.801. The molecule has 0 fully saturated rings. The van der Waals surface area contributed by atoms with Crippen LogP contribution in [0.4, 0.5) is 28.7 Å². The van der Waals surface area contributed by atoms with Crippen molar-refractivity contribution >= 4 is 51.9 Å². The molecule has 116 valence electrons. The number of aromatic nitrogens is 4. The molecule has 0 aliphatic carbocycles. The fourth-order valence-corrected chi connectivity index (χ4v) is 2.14. The van der Waals surface area contributed by atoms with E-state index in [1.165, 1.54) is 6.33 Å². The minimum Gasteiger partial charge on any atom is -0.393 e. The maximum atomic E-state index is 6.10. The van der Waals surface area contributed by atoms with Crippen LogP contribution in [0, 0.1) is 0 Å². The van der Waals surface area contributed by atoms with Gasteiger partial charge in [-0.15, -0.1) is 0 Å². The number of hydrogen-bond donors (Lipinski definition) is 3. The summed E-state index contributed by atoms with van der Waals surface area (Å²) in [6, 6.07) is 7.03. The first-order valence-electron chi connectivity index (χ1n) is 6.50. The molecule has 3 aromatic heterocycles. The molecule has 0 radical (unpaired) electrons. The molecule has 0 bridgehead atoms. The number of nitrogens with zero attached hydrogens (tertiary/aromatic N) is 4. The number of nitrogen functional groups attached to an aromatic ring is 1. The molecule has 0 aliphatic rings. The number of halogens is 2. The molecule has 3 heterocycles. The van der Waals surface area contributed by atoms with Gasteiger partial charge in [0.15, 0.2) is 21.9 Å². The Kier molecular flexibility index (Phi) is 4.40. The van der Waals surface area contributed by atoms with Gasteiger partial charge in [-0.25, -0.2) is 19.9 Å². The summed E-state index contributed by atoms with van der Waals surface area (Å²) in [4.78, 5) is 16.2. The first kappa shape index (κ1) is 15.3. The standard InChI is InChI=1S/C14H11Cl2N7/c15-11-8(3-1-5-18-11)22-13-10(17)14(21-7-20-13)23-9-4-2-6-19-12(9)16/h1-7H,17H2,(H2,20,21,22,23). The van der Waals surface area contributed by atoms with Crippen molar-refractivity contribution < 1.29 is 0 Å². The monoisotopic (exact) mass is 347 g/mol. The van der Waals surface area contributed by atoms with Gasteiger partial charge in [0.1, 0.15) is 12.0 Å². The lowest BCUT2D eigenvalue weighted by Crippen LogP contribution is -2.06. The SMILES string of the molecule is Nc1c(Nc2cccnc2Cl)ncnc1Nc1cccnc1Cl. The van der Waals surface area contributed by atoms with Gasteiger partial charge in [-0.05, 0) is 24.3 Å². The lowest BCUT2D eigenvalue weighted by molar-refractivity contribution is 1.16. The molecule has 3 rings (SSSR count). The van der Waals surface area contributed by atoms with E-state index in [-0.39, 0.29) is 0 Å². The quantitative estimate of drug-likeness (QED) is 0.619. The van der Waals surface area contributed by atoms with Crippen molar-refractivity contribution in [2.45, 2.75) is 0 Å². The molecule has 0 unspecified atom stereocenters. The number of rotatable bonds is 4. The lowest BCUT2D eigenvalue weighted by atomic mass is 10.3. The van der Waals surface area contributed by atoms with Gasteiger partial charge in [0.2, 0.25) is 0 Å². The van der Waals surface area contributed by atoms with Crippen molar-refractivity contribution in [3.8, 4) is 0 Å². The van der Waals surface area contributed by atoms with E-state index in [1.54, 1.807) is 36.7 Å². The third kappa shape index (κ3) is 3.41. The van der Waals surface area contributed by atoms with Crippen molar-refractivity contribution in [2.24, 2.45) is 0 Å². The zero-order chi connectivity index (χ0) is 16.2. The molecular weight excluding hydrogens is 337 g/mol. The van der Waals surface area contributed by atoms with E-state index in [0.29, 0.717) is 39.0 Å². The highest BCUT2D eigenvalue weighted by Gasteiger charge is 2.11. The largest absolute Gasteiger partial charge is 0.393 e. The predicted molar refractivity (Wildman–Crippen MR) is 91.5 cm³/mol. The van der Waals surface area contributed by atoms with Gasteiger partial charge in [0, 0.05) is 12.4 Å². The van der Waals surface area contributed by atoms with Crippen molar-refractivity contribution in [3.05, 3.63) is 53.3 Å². The van der Waals surface area contributed by atoms with Crippen LogP contribution in [0.25, 0.3) is 0 Å². The minimum atomic E-state index is 0.312. The van der Waals surface area contributed by atoms with Gasteiger partial charge in [-0.3, -0.25) is 0 Å². The first-order chi connectivity index (χ1) is 11.1. The Morgan fingerprint density at radius 1 is 0.783 bits per heavy atom. The molecule has 0 spiro atoms. The fraction of sp³-hybridized carbons (Fsp3) is 0. The third-order valence-corrected chi connectivity index (χ3v) is 3.51. The lowest BCUT2D eigenvalue weighted by Gasteiger charge is -2.13. The second kappa shape index (κ2) is 6.64. The van der Waals surface area contributed by atoms with Crippen LogP contribution in [0.2, 0.25) is 10.3 Å².